The molecule has 0 bridgehead atoms. The second-order valence-corrected chi connectivity index (χ2v) is 11.5. The van der Waals surface area contributed by atoms with E-state index in [1.165, 1.54) is 5.39 Å². The third-order valence-corrected chi connectivity index (χ3v) is 8.65. The SMILES string of the molecule is N#Cc1cccc(C(N=Cc2ccc(-n3c4ccccc4c4ccc5c6ccccc6oc5c43)cc2)[NH2+]C(N)c2ccccc2)c1. The third kappa shape index (κ3) is 4.81. The van der Waals surface area contributed by atoms with Gasteiger partial charge in [0.2, 0.25) is 6.17 Å². The molecule has 2 heterocycles. The number of para-hydroxylation sites is 2. The predicted molar refractivity (Wildman–Crippen MR) is 185 cm³/mol. The Labute approximate surface area is 265 Å². The Morgan fingerprint density at radius 2 is 1.43 bits per heavy atom. The smallest absolute Gasteiger partial charge is 0.207 e. The summed E-state index contributed by atoms with van der Waals surface area (Å²) in [5.41, 5.74) is 15.0. The van der Waals surface area contributed by atoms with Crippen molar-refractivity contribution in [3.63, 3.8) is 0 Å². The molecule has 6 aromatic carbocycles. The van der Waals surface area contributed by atoms with E-state index >= 15 is 0 Å². The van der Waals surface area contributed by atoms with E-state index in [2.05, 4.69) is 83.4 Å². The van der Waals surface area contributed by atoms with Crippen molar-refractivity contribution >= 4 is 50.0 Å². The molecule has 2 unspecified atom stereocenters. The van der Waals surface area contributed by atoms with Crippen LogP contribution in [0.2, 0.25) is 0 Å². The van der Waals surface area contributed by atoms with Gasteiger partial charge in [0.1, 0.15) is 5.58 Å². The minimum absolute atomic E-state index is 0.318. The molecule has 6 nitrogen and oxygen atoms in total. The van der Waals surface area contributed by atoms with Gasteiger partial charge >= 0.3 is 0 Å². The molecule has 0 spiro atoms. The van der Waals surface area contributed by atoms with Gasteiger partial charge in [-0.25, -0.2) is 4.99 Å². The first kappa shape index (κ1) is 27.5. The first-order valence-corrected chi connectivity index (χ1v) is 15.3. The molecule has 0 saturated carbocycles. The summed E-state index contributed by atoms with van der Waals surface area (Å²) in [6, 6.07) is 49.2. The Kier molecular flexibility index (Phi) is 6.88. The van der Waals surface area contributed by atoms with E-state index in [-0.39, 0.29) is 12.3 Å². The van der Waals surface area contributed by atoms with Gasteiger partial charge in [0.05, 0.1) is 22.7 Å². The standard InChI is InChI=1S/C40H29N5O/c41-24-27-9-8-12-29(23-27)40(44-39(42)28-10-2-1-3-11-28)43-25-26-17-19-30(20-18-26)45-35-15-6-4-13-31(35)33-21-22-34-32-14-5-7-16-36(32)46-38(34)37(33)45/h1-23,25,39-40,44H,42H2/p+1. The Bertz CT molecular complexity index is 2430. The molecule has 6 heteroatoms. The number of benzene rings is 6. The Morgan fingerprint density at radius 3 is 2.26 bits per heavy atom. The van der Waals surface area contributed by atoms with Gasteiger partial charge in [-0.1, -0.05) is 97.1 Å². The second kappa shape index (κ2) is 11.5. The third-order valence-electron chi connectivity index (χ3n) is 8.65. The number of nitriles is 1. The zero-order valence-electron chi connectivity index (χ0n) is 24.9. The lowest BCUT2D eigenvalue weighted by molar-refractivity contribution is -0.732. The number of nitrogens with two attached hydrogens (primary N) is 2. The summed E-state index contributed by atoms with van der Waals surface area (Å²) in [4.78, 5) is 4.97. The van der Waals surface area contributed by atoms with E-state index < -0.39 is 0 Å². The number of hydrogen-bond donors (Lipinski definition) is 2. The van der Waals surface area contributed by atoms with E-state index in [0.29, 0.717) is 5.56 Å². The van der Waals surface area contributed by atoms with Crippen LogP contribution >= 0.6 is 0 Å². The van der Waals surface area contributed by atoms with Crippen molar-refractivity contribution in [3.05, 3.63) is 162 Å². The van der Waals surface area contributed by atoms with E-state index in [1.807, 2.05) is 72.2 Å². The molecule has 0 aliphatic carbocycles. The summed E-state index contributed by atoms with van der Waals surface area (Å²) >= 11 is 0. The van der Waals surface area contributed by atoms with Crippen molar-refractivity contribution < 1.29 is 9.73 Å². The van der Waals surface area contributed by atoms with E-state index in [9.17, 15) is 5.26 Å². The fraction of sp³-hybridized carbons (Fsp3) is 0.0500. The van der Waals surface area contributed by atoms with Crippen LogP contribution in [0.15, 0.2) is 149 Å². The molecule has 46 heavy (non-hydrogen) atoms. The largest absolute Gasteiger partial charge is 0.454 e. The van der Waals surface area contributed by atoms with Crippen molar-refractivity contribution in [2.75, 3.05) is 0 Å². The molecule has 2 atom stereocenters. The fourth-order valence-electron chi connectivity index (χ4n) is 6.40. The minimum Gasteiger partial charge on any atom is -0.454 e. The molecule has 0 radical (unpaired) electrons. The fourth-order valence-corrected chi connectivity index (χ4v) is 6.40. The molecule has 0 aliphatic heterocycles. The monoisotopic (exact) mass is 596 g/mol. The van der Waals surface area contributed by atoms with Crippen LogP contribution in [0.4, 0.5) is 0 Å². The molecular weight excluding hydrogens is 566 g/mol. The Balaban J connectivity index is 1.19. The normalized spacial score (nSPS) is 13.1. The highest BCUT2D eigenvalue weighted by Gasteiger charge is 2.20. The first-order valence-electron chi connectivity index (χ1n) is 15.3. The van der Waals surface area contributed by atoms with Gasteiger partial charge in [-0.05, 0) is 48.0 Å². The molecule has 0 aliphatic rings. The number of quaternary nitrogens is 1. The van der Waals surface area contributed by atoms with E-state index in [0.717, 1.165) is 60.7 Å². The van der Waals surface area contributed by atoms with Crippen LogP contribution < -0.4 is 11.1 Å². The van der Waals surface area contributed by atoms with Crippen LogP contribution in [0.3, 0.4) is 0 Å². The number of rotatable bonds is 7. The number of aromatic nitrogens is 1. The molecule has 220 valence electrons. The molecule has 0 fully saturated rings. The van der Waals surface area contributed by atoms with Gasteiger partial charge in [-0.2, -0.15) is 5.26 Å². The molecule has 8 rings (SSSR count). The number of furan rings is 1. The van der Waals surface area contributed by atoms with Crippen LogP contribution in [0.1, 0.15) is 34.6 Å². The van der Waals surface area contributed by atoms with Gasteiger partial charge in [-0.3, -0.25) is 5.73 Å². The number of nitrogens with zero attached hydrogens (tertiary/aromatic N) is 3. The summed E-state index contributed by atoms with van der Waals surface area (Å²) in [5.74, 6) is 0. The summed E-state index contributed by atoms with van der Waals surface area (Å²) in [7, 11) is 0. The number of fused-ring (bicyclic) bond motifs is 7. The maximum absolute atomic E-state index is 9.51. The first-order chi connectivity index (χ1) is 22.7. The lowest BCUT2D eigenvalue weighted by atomic mass is 10.1. The molecular formula is C40H30N5O+. The molecule has 2 aromatic heterocycles. The van der Waals surface area contributed by atoms with Gasteiger partial charge in [0, 0.05) is 44.6 Å². The van der Waals surface area contributed by atoms with Crippen LogP contribution in [-0.4, -0.2) is 10.8 Å². The zero-order chi connectivity index (χ0) is 31.0. The highest BCUT2D eigenvalue weighted by molar-refractivity contribution is 6.21. The van der Waals surface area contributed by atoms with E-state index in [1.54, 1.807) is 6.07 Å². The van der Waals surface area contributed by atoms with Crippen molar-refractivity contribution in [2.24, 2.45) is 10.7 Å². The predicted octanol–water partition coefficient (Wildman–Crippen LogP) is 7.89. The van der Waals surface area contributed by atoms with Gasteiger partial charge in [0.25, 0.3) is 0 Å². The van der Waals surface area contributed by atoms with Gasteiger partial charge in [0.15, 0.2) is 11.7 Å². The lowest BCUT2D eigenvalue weighted by Gasteiger charge is -2.17. The number of aliphatic imine (C=N–C) groups is 1. The molecule has 4 N–H and O–H groups in total. The summed E-state index contributed by atoms with van der Waals surface area (Å²) in [6.45, 7) is 0. The molecule has 8 aromatic rings. The highest BCUT2D eigenvalue weighted by Crippen LogP contribution is 2.40. The quantitative estimate of drug-likeness (QED) is 0.145. The average Bonchev–Trinajstić information content (AvgIpc) is 3.67. The van der Waals surface area contributed by atoms with Gasteiger partial charge < -0.3 is 14.3 Å². The Hall–Kier alpha value is -6.00. The van der Waals surface area contributed by atoms with Crippen LogP contribution in [0.25, 0.3) is 49.4 Å². The van der Waals surface area contributed by atoms with Crippen molar-refractivity contribution in [3.8, 4) is 11.8 Å². The van der Waals surface area contributed by atoms with Crippen molar-refractivity contribution in [1.29, 1.82) is 5.26 Å². The Morgan fingerprint density at radius 1 is 0.717 bits per heavy atom. The zero-order valence-corrected chi connectivity index (χ0v) is 24.9. The van der Waals surface area contributed by atoms with Crippen LogP contribution in [0, 0.1) is 11.3 Å². The summed E-state index contributed by atoms with van der Waals surface area (Å²) in [5, 5.41) is 16.1. The van der Waals surface area contributed by atoms with Crippen molar-refractivity contribution in [2.45, 2.75) is 12.3 Å². The molecule has 0 amide bonds. The molecule has 0 saturated heterocycles. The summed E-state index contributed by atoms with van der Waals surface area (Å²) in [6.07, 6.45) is 1.23. The lowest BCUT2D eigenvalue weighted by Crippen LogP contribution is -2.88. The highest BCUT2D eigenvalue weighted by atomic mass is 16.3. The minimum atomic E-state index is -0.332. The topological polar surface area (TPSA) is 96.8 Å². The number of hydrogen-bond acceptors (Lipinski definition) is 4. The van der Waals surface area contributed by atoms with E-state index in [4.69, 9.17) is 15.1 Å². The summed E-state index contributed by atoms with van der Waals surface area (Å²) < 4.78 is 8.78. The van der Waals surface area contributed by atoms with Gasteiger partial charge in [-0.15, -0.1) is 0 Å². The average molecular weight is 597 g/mol. The van der Waals surface area contributed by atoms with Crippen LogP contribution in [-0.2, 0) is 0 Å². The van der Waals surface area contributed by atoms with Crippen molar-refractivity contribution in [1.82, 2.24) is 4.57 Å². The maximum atomic E-state index is 9.51. The maximum Gasteiger partial charge on any atom is 0.207 e. The van der Waals surface area contributed by atoms with Crippen LogP contribution in [0.5, 0.6) is 0 Å². The second-order valence-electron chi connectivity index (χ2n) is 11.5.